The van der Waals surface area contributed by atoms with Crippen molar-refractivity contribution < 1.29 is 14.6 Å². The molecule has 1 aromatic rings. The van der Waals surface area contributed by atoms with Gasteiger partial charge in [-0.2, -0.15) is 0 Å². The monoisotopic (exact) mass is 268 g/mol. The van der Waals surface area contributed by atoms with Crippen molar-refractivity contribution in [1.82, 2.24) is 0 Å². The van der Waals surface area contributed by atoms with Crippen molar-refractivity contribution in [2.75, 3.05) is 6.61 Å². The Bertz CT molecular complexity index is 469. The number of fused-ring (bicyclic) bond motifs is 1. The van der Waals surface area contributed by atoms with Gasteiger partial charge >= 0.3 is 5.97 Å². The van der Waals surface area contributed by atoms with Crippen LogP contribution >= 0.6 is 11.6 Å². The first-order chi connectivity index (χ1) is 8.59. The fraction of sp³-hybridized carbons (Fsp3) is 0.500. The van der Waals surface area contributed by atoms with E-state index in [1.165, 1.54) is 11.1 Å². The second-order valence-electron chi connectivity index (χ2n) is 4.65. The third-order valence-corrected chi connectivity index (χ3v) is 3.66. The highest BCUT2D eigenvalue weighted by molar-refractivity contribution is 6.32. The van der Waals surface area contributed by atoms with Gasteiger partial charge in [0.25, 0.3) is 0 Å². The van der Waals surface area contributed by atoms with Crippen LogP contribution in [0.3, 0.4) is 0 Å². The molecule has 3 nitrogen and oxygen atoms in total. The van der Waals surface area contributed by atoms with Crippen molar-refractivity contribution in [3.8, 4) is 5.75 Å². The highest BCUT2D eigenvalue weighted by Crippen LogP contribution is 2.37. The number of hydrogen-bond donors (Lipinski definition) is 1. The molecule has 0 aliphatic carbocycles. The van der Waals surface area contributed by atoms with Crippen LogP contribution in [0.5, 0.6) is 5.75 Å². The molecular formula is C14H17ClO3. The number of halogens is 1. The molecule has 0 bridgehead atoms. The number of carboxylic acids is 1. The molecule has 1 aromatic carbocycles. The molecule has 0 fully saturated rings. The van der Waals surface area contributed by atoms with Gasteiger partial charge in [-0.25, -0.2) is 0 Å². The topological polar surface area (TPSA) is 46.5 Å². The van der Waals surface area contributed by atoms with E-state index >= 15 is 0 Å². The third kappa shape index (κ3) is 2.78. The largest absolute Gasteiger partial charge is 0.492 e. The van der Waals surface area contributed by atoms with E-state index in [1.54, 1.807) is 0 Å². The molecule has 18 heavy (non-hydrogen) atoms. The summed E-state index contributed by atoms with van der Waals surface area (Å²) in [6.45, 7) is 2.80. The average molecular weight is 269 g/mol. The van der Waals surface area contributed by atoms with Crippen LogP contribution in [0, 0.1) is 6.92 Å². The summed E-state index contributed by atoms with van der Waals surface area (Å²) < 4.78 is 5.61. The van der Waals surface area contributed by atoms with E-state index in [-0.39, 0.29) is 6.42 Å². The van der Waals surface area contributed by atoms with Crippen LogP contribution in [0.1, 0.15) is 36.0 Å². The van der Waals surface area contributed by atoms with Crippen LogP contribution < -0.4 is 4.74 Å². The molecule has 1 aliphatic heterocycles. The van der Waals surface area contributed by atoms with Gasteiger partial charge < -0.3 is 9.84 Å². The van der Waals surface area contributed by atoms with Gasteiger partial charge in [-0.05, 0) is 55.4 Å². The molecule has 98 valence electrons. The standard InChI is InChI=1S/C14H17ClO3/c1-9-10(4-2-6-13(16)17)8-12(15)14-11(9)5-3-7-18-14/h8H,2-7H2,1H3,(H,16,17). The lowest BCUT2D eigenvalue weighted by atomic mass is 9.94. The van der Waals surface area contributed by atoms with Gasteiger partial charge in [0.05, 0.1) is 11.6 Å². The Morgan fingerprint density at radius 2 is 2.33 bits per heavy atom. The van der Waals surface area contributed by atoms with Crippen LogP contribution in [0.15, 0.2) is 6.07 Å². The lowest BCUT2D eigenvalue weighted by Gasteiger charge is -2.22. The number of aryl methyl sites for hydroxylation is 1. The van der Waals surface area contributed by atoms with E-state index in [9.17, 15) is 4.79 Å². The molecule has 0 amide bonds. The normalized spacial score (nSPS) is 13.9. The lowest BCUT2D eigenvalue weighted by molar-refractivity contribution is -0.137. The number of rotatable bonds is 4. The van der Waals surface area contributed by atoms with Crippen molar-refractivity contribution >= 4 is 17.6 Å². The molecule has 0 aromatic heterocycles. The molecule has 1 aliphatic rings. The Morgan fingerprint density at radius 1 is 1.56 bits per heavy atom. The average Bonchev–Trinajstić information content (AvgIpc) is 2.35. The Hall–Kier alpha value is -1.22. The number of hydrogen-bond acceptors (Lipinski definition) is 2. The minimum absolute atomic E-state index is 0.199. The van der Waals surface area contributed by atoms with Crippen molar-refractivity contribution in [3.05, 3.63) is 27.8 Å². The fourth-order valence-electron chi connectivity index (χ4n) is 2.41. The molecule has 2 rings (SSSR count). The zero-order valence-corrected chi connectivity index (χ0v) is 11.2. The minimum atomic E-state index is -0.750. The van der Waals surface area contributed by atoms with Gasteiger partial charge in [0, 0.05) is 6.42 Å². The van der Waals surface area contributed by atoms with E-state index in [2.05, 4.69) is 6.92 Å². The van der Waals surface area contributed by atoms with Gasteiger partial charge in [-0.15, -0.1) is 0 Å². The molecule has 0 spiro atoms. The van der Waals surface area contributed by atoms with Gasteiger partial charge in [0.2, 0.25) is 0 Å². The second-order valence-corrected chi connectivity index (χ2v) is 5.06. The first-order valence-electron chi connectivity index (χ1n) is 6.25. The zero-order valence-electron chi connectivity index (χ0n) is 10.5. The molecule has 1 heterocycles. The third-order valence-electron chi connectivity index (χ3n) is 3.38. The van der Waals surface area contributed by atoms with Gasteiger partial charge in [-0.1, -0.05) is 11.6 Å². The smallest absolute Gasteiger partial charge is 0.303 e. The molecule has 0 atom stereocenters. The summed E-state index contributed by atoms with van der Waals surface area (Å²) in [5.74, 6) is 0.0717. The fourth-order valence-corrected chi connectivity index (χ4v) is 2.71. The van der Waals surface area contributed by atoms with Crippen LogP contribution in [0.25, 0.3) is 0 Å². The maximum absolute atomic E-state index is 10.5. The predicted molar refractivity (Wildman–Crippen MR) is 70.6 cm³/mol. The summed E-state index contributed by atoms with van der Waals surface area (Å²) >= 11 is 6.22. The zero-order chi connectivity index (χ0) is 13.1. The van der Waals surface area contributed by atoms with Gasteiger partial charge in [0.1, 0.15) is 5.75 Å². The van der Waals surface area contributed by atoms with Crippen molar-refractivity contribution in [2.45, 2.75) is 39.0 Å². The van der Waals surface area contributed by atoms with E-state index in [0.717, 1.165) is 37.2 Å². The van der Waals surface area contributed by atoms with Crippen molar-refractivity contribution in [3.63, 3.8) is 0 Å². The SMILES string of the molecule is Cc1c(CCCC(=O)O)cc(Cl)c2c1CCCO2. The van der Waals surface area contributed by atoms with Crippen molar-refractivity contribution in [2.24, 2.45) is 0 Å². The van der Waals surface area contributed by atoms with E-state index in [4.69, 9.17) is 21.4 Å². The number of carboxylic acid groups (broad SMARTS) is 1. The summed E-state index contributed by atoms with van der Waals surface area (Å²) in [6, 6.07) is 1.92. The number of benzene rings is 1. The van der Waals surface area contributed by atoms with E-state index < -0.39 is 5.97 Å². The predicted octanol–water partition coefficient (Wildman–Crippen LogP) is 3.38. The van der Waals surface area contributed by atoms with Gasteiger partial charge in [0.15, 0.2) is 0 Å². The Labute approximate surface area is 112 Å². The molecule has 1 N–H and O–H groups in total. The molecule has 0 unspecified atom stereocenters. The van der Waals surface area contributed by atoms with Crippen LogP contribution in [0.2, 0.25) is 5.02 Å². The number of ether oxygens (including phenoxy) is 1. The Balaban J connectivity index is 2.21. The molecular weight excluding hydrogens is 252 g/mol. The highest BCUT2D eigenvalue weighted by Gasteiger charge is 2.18. The van der Waals surface area contributed by atoms with Crippen LogP contribution in [0.4, 0.5) is 0 Å². The van der Waals surface area contributed by atoms with Crippen LogP contribution in [-0.2, 0) is 17.6 Å². The Kier molecular flexibility index (Phi) is 4.12. The summed E-state index contributed by atoms with van der Waals surface area (Å²) in [4.78, 5) is 10.5. The summed E-state index contributed by atoms with van der Waals surface area (Å²) in [5, 5.41) is 9.31. The highest BCUT2D eigenvalue weighted by atomic mass is 35.5. The van der Waals surface area contributed by atoms with Gasteiger partial charge in [-0.3, -0.25) is 4.79 Å². The minimum Gasteiger partial charge on any atom is -0.492 e. The Morgan fingerprint density at radius 3 is 3.06 bits per heavy atom. The van der Waals surface area contributed by atoms with E-state index in [0.29, 0.717) is 11.4 Å². The first-order valence-corrected chi connectivity index (χ1v) is 6.63. The van der Waals surface area contributed by atoms with Crippen LogP contribution in [-0.4, -0.2) is 17.7 Å². The van der Waals surface area contributed by atoms with Crippen molar-refractivity contribution in [1.29, 1.82) is 0 Å². The molecule has 0 saturated carbocycles. The second kappa shape index (κ2) is 5.61. The summed E-state index contributed by atoms with van der Waals surface area (Å²) in [6.07, 6.45) is 3.61. The molecule has 0 radical (unpaired) electrons. The number of carbonyl (C=O) groups is 1. The lowest BCUT2D eigenvalue weighted by Crippen LogP contribution is -2.11. The molecule has 4 heteroatoms. The molecule has 0 saturated heterocycles. The summed E-state index contributed by atoms with van der Waals surface area (Å²) in [5.41, 5.74) is 3.55. The quantitative estimate of drug-likeness (QED) is 0.911. The number of aliphatic carboxylic acids is 1. The maximum atomic E-state index is 10.5. The summed E-state index contributed by atoms with van der Waals surface area (Å²) in [7, 11) is 0. The first kappa shape index (κ1) is 13.2. The van der Waals surface area contributed by atoms with E-state index in [1.807, 2.05) is 6.07 Å². The maximum Gasteiger partial charge on any atom is 0.303 e.